The van der Waals surface area contributed by atoms with E-state index < -0.39 is 0 Å². The Balaban J connectivity index is 1.44. The van der Waals surface area contributed by atoms with Crippen molar-refractivity contribution in [3.8, 4) is 22.4 Å². The van der Waals surface area contributed by atoms with Gasteiger partial charge in [-0.2, -0.15) is 0 Å². The fourth-order valence-electron chi connectivity index (χ4n) is 6.62. The lowest BCUT2D eigenvalue weighted by Gasteiger charge is -2.22. The number of pyridine rings is 1. The van der Waals surface area contributed by atoms with Crippen LogP contribution in [0.5, 0.6) is 0 Å². The quantitative estimate of drug-likeness (QED) is 0.217. The van der Waals surface area contributed by atoms with Gasteiger partial charge < -0.3 is 0 Å². The minimum absolute atomic E-state index is 0.0987. The third kappa shape index (κ3) is 2.77. The van der Waals surface area contributed by atoms with E-state index in [0.29, 0.717) is 0 Å². The molecule has 6 aromatic carbocycles. The van der Waals surface area contributed by atoms with Gasteiger partial charge in [-0.25, -0.2) is 0 Å². The summed E-state index contributed by atoms with van der Waals surface area (Å²) in [5.74, 6) is 0. The maximum absolute atomic E-state index is 4.82. The van der Waals surface area contributed by atoms with Gasteiger partial charge in [-0.3, -0.25) is 4.98 Å². The first kappa shape index (κ1) is 20.7. The van der Waals surface area contributed by atoms with Gasteiger partial charge in [-0.1, -0.05) is 111 Å². The molecule has 1 aromatic heterocycles. The monoisotopic (exact) mass is 471 g/mol. The lowest BCUT2D eigenvalue weighted by atomic mass is 9.81. The molecule has 1 heterocycles. The van der Waals surface area contributed by atoms with E-state index >= 15 is 0 Å². The van der Waals surface area contributed by atoms with Gasteiger partial charge in [0.1, 0.15) is 0 Å². The molecule has 37 heavy (non-hydrogen) atoms. The molecular weight excluding hydrogens is 446 g/mol. The van der Waals surface area contributed by atoms with Crippen molar-refractivity contribution < 1.29 is 0 Å². The molecule has 0 N–H and O–H groups in total. The van der Waals surface area contributed by atoms with E-state index in [4.69, 9.17) is 4.98 Å². The fourth-order valence-corrected chi connectivity index (χ4v) is 6.62. The SMILES string of the molecule is CC1(C)c2cc(-c3cc4ccccc4cn3)ccc2-c2c1ccc1c3ccccc3c3ccccc3c21. The summed E-state index contributed by atoms with van der Waals surface area (Å²) < 4.78 is 0. The molecule has 0 saturated heterocycles. The Hall–Kier alpha value is -4.49. The van der Waals surface area contributed by atoms with Crippen LogP contribution in [0.4, 0.5) is 0 Å². The second-order valence-electron chi connectivity index (χ2n) is 10.8. The molecule has 7 aromatic rings. The summed E-state index contributed by atoms with van der Waals surface area (Å²) in [6, 6.07) is 40.0. The highest BCUT2D eigenvalue weighted by Crippen LogP contribution is 2.54. The molecule has 0 amide bonds. The molecule has 0 spiro atoms. The van der Waals surface area contributed by atoms with Crippen molar-refractivity contribution in [1.29, 1.82) is 0 Å². The van der Waals surface area contributed by atoms with Gasteiger partial charge in [0.05, 0.1) is 5.69 Å². The average Bonchev–Trinajstić information content (AvgIpc) is 3.18. The van der Waals surface area contributed by atoms with Crippen LogP contribution in [0.1, 0.15) is 25.0 Å². The lowest BCUT2D eigenvalue weighted by molar-refractivity contribution is 0.661. The highest BCUT2D eigenvalue weighted by molar-refractivity contribution is 6.29. The minimum atomic E-state index is -0.0987. The van der Waals surface area contributed by atoms with E-state index in [1.165, 1.54) is 70.9 Å². The van der Waals surface area contributed by atoms with Gasteiger partial charge in [0.2, 0.25) is 0 Å². The van der Waals surface area contributed by atoms with Gasteiger partial charge in [-0.05, 0) is 72.1 Å². The zero-order valence-electron chi connectivity index (χ0n) is 20.9. The number of benzene rings is 6. The van der Waals surface area contributed by atoms with Crippen LogP contribution in [0.25, 0.3) is 65.5 Å². The molecule has 0 bridgehead atoms. The molecule has 0 unspecified atom stereocenters. The number of nitrogens with zero attached hydrogens (tertiary/aromatic N) is 1. The molecular formula is C36H25N. The van der Waals surface area contributed by atoms with E-state index in [0.717, 1.165) is 5.69 Å². The normalized spacial score (nSPS) is 13.9. The molecule has 1 aliphatic rings. The van der Waals surface area contributed by atoms with Crippen molar-refractivity contribution in [3.05, 3.63) is 127 Å². The highest BCUT2D eigenvalue weighted by atomic mass is 14.7. The second-order valence-corrected chi connectivity index (χ2v) is 10.8. The van der Waals surface area contributed by atoms with Gasteiger partial charge in [0.15, 0.2) is 0 Å². The van der Waals surface area contributed by atoms with Gasteiger partial charge in [0, 0.05) is 22.6 Å². The average molecular weight is 472 g/mol. The maximum atomic E-state index is 4.82. The van der Waals surface area contributed by atoms with E-state index in [1.54, 1.807) is 0 Å². The predicted octanol–water partition coefficient (Wildman–Crippen LogP) is 9.67. The van der Waals surface area contributed by atoms with Crippen LogP contribution in [0, 0.1) is 0 Å². The van der Waals surface area contributed by atoms with E-state index in [2.05, 4.69) is 123 Å². The molecule has 0 fully saturated rings. The van der Waals surface area contributed by atoms with Crippen molar-refractivity contribution in [1.82, 2.24) is 4.98 Å². The first-order chi connectivity index (χ1) is 18.1. The zero-order chi connectivity index (χ0) is 24.7. The summed E-state index contributed by atoms with van der Waals surface area (Å²) >= 11 is 0. The van der Waals surface area contributed by atoms with Gasteiger partial charge in [0.25, 0.3) is 0 Å². The number of rotatable bonds is 1. The Labute approximate surface area is 216 Å². The topological polar surface area (TPSA) is 12.9 Å². The molecule has 0 radical (unpaired) electrons. The number of hydrogen-bond donors (Lipinski definition) is 0. The number of fused-ring (bicyclic) bond motifs is 11. The fraction of sp³-hybridized carbons (Fsp3) is 0.0833. The maximum Gasteiger partial charge on any atom is 0.0708 e. The van der Waals surface area contributed by atoms with E-state index in [-0.39, 0.29) is 5.41 Å². The standard InChI is InChI=1S/C36H25N/c1-36(2)31-18-17-29-27-13-6-5-11-25(27)26-12-7-8-14-28(26)34(29)35(31)30-16-15-23(19-32(30)36)33-20-22-9-3-4-10-24(22)21-37-33/h3-21H,1-2H3. The van der Waals surface area contributed by atoms with Crippen molar-refractivity contribution in [2.24, 2.45) is 0 Å². The van der Waals surface area contributed by atoms with Crippen LogP contribution in [0.2, 0.25) is 0 Å². The van der Waals surface area contributed by atoms with Crippen LogP contribution in [0.15, 0.2) is 115 Å². The van der Waals surface area contributed by atoms with Crippen LogP contribution in [0.3, 0.4) is 0 Å². The third-order valence-corrected chi connectivity index (χ3v) is 8.47. The minimum Gasteiger partial charge on any atom is -0.256 e. The Morgan fingerprint density at radius 3 is 1.92 bits per heavy atom. The molecule has 1 nitrogen and oxygen atoms in total. The summed E-state index contributed by atoms with van der Waals surface area (Å²) in [6.07, 6.45) is 1.99. The largest absolute Gasteiger partial charge is 0.256 e. The van der Waals surface area contributed by atoms with Crippen molar-refractivity contribution in [3.63, 3.8) is 0 Å². The second kappa shape index (κ2) is 7.27. The molecule has 0 atom stereocenters. The first-order valence-electron chi connectivity index (χ1n) is 13.0. The van der Waals surface area contributed by atoms with Crippen LogP contribution < -0.4 is 0 Å². The zero-order valence-corrected chi connectivity index (χ0v) is 20.9. The van der Waals surface area contributed by atoms with Crippen LogP contribution in [-0.2, 0) is 5.41 Å². The summed E-state index contributed by atoms with van der Waals surface area (Å²) in [6.45, 7) is 4.73. The number of aromatic nitrogens is 1. The van der Waals surface area contributed by atoms with E-state index in [9.17, 15) is 0 Å². The smallest absolute Gasteiger partial charge is 0.0708 e. The number of hydrogen-bond acceptors (Lipinski definition) is 1. The summed E-state index contributed by atoms with van der Waals surface area (Å²) in [5.41, 5.74) is 7.60. The Kier molecular flexibility index (Phi) is 4.06. The van der Waals surface area contributed by atoms with Crippen molar-refractivity contribution >= 4 is 43.1 Å². The Morgan fingerprint density at radius 1 is 0.541 bits per heavy atom. The van der Waals surface area contributed by atoms with Crippen molar-refractivity contribution in [2.75, 3.05) is 0 Å². The molecule has 1 aliphatic carbocycles. The molecule has 1 heteroatoms. The Morgan fingerprint density at radius 2 is 1.16 bits per heavy atom. The summed E-state index contributed by atoms with van der Waals surface area (Å²) in [5, 5.41) is 10.4. The molecule has 0 aliphatic heterocycles. The lowest BCUT2D eigenvalue weighted by Crippen LogP contribution is -2.15. The Bertz CT molecular complexity index is 2030. The molecule has 174 valence electrons. The first-order valence-corrected chi connectivity index (χ1v) is 13.0. The van der Waals surface area contributed by atoms with Crippen LogP contribution >= 0.6 is 0 Å². The van der Waals surface area contributed by atoms with Gasteiger partial charge in [-0.15, -0.1) is 0 Å². The van der Waals surface area contributed by atoms with E-state index in [1.807, 2.05) is 6.20 Å². The van der Waals surface area contributed by atoms with Gasteiger partial charge >= 0.3 is 0 Å². The highest BCUT2D eigenvalue weighted by Gasteiger charge is 2.37. The summed E-state index contributed by atoms with van der Waals surface area (Å²) in [7, 11) is 0. The summed E-state index contributed by atoms with van der Waals surface area (Å²) in [4.78, 5) is 4.82. The van der Waals surface area contributed by atoms with Crippen molar-refractivity contribution in [2.45, 2.75) is 19.3 Å². The molecule has 8 rings (SSSR count). The third-order valence-electron chi connectivity index (χ3n) is 8.47. The van der Waals surface area contributed by atoms with Crippen LogP contribution in [-0.4, -0.2) is 4.98 Å². The molecule has 0 saturated carbocycles. The predicted molar refractivity (Wildman–Crippen MR) is 157 cm³/mol.